The molecule has 0 fully saturated rings. The number of hydrogen-bond acceptors (Lipinski definition) is 5. The van der Waals surface area contributed by atoms with Crippen LogP contribution in [0.25, 0.3) is 0 Å². The number of aromatic nitrogens is 2. The average molecular weight is 214 g/mol. The molecule has 0 aliphatic rings. The Morgan fingerprint density at radius 3 is 2.40 bits per heavy atom. The summed E-state index contributed by atoms with van der Waals surface area (Å²) in [5, 5.41) is 0. The molecule has 2 N–H and O–H groups in total. The number of H-pyrrole nitrogens is 2. The zero-order chi connectivity index (χ0) is 11.4. The van der Waals surface area contributed by atoms with Crippen LogP contribution in [0.4, 0.5) is 0 Å². The molecule has 0 aliphatic heterocycles. The van der Waals surface area contributed by atoms with E-state index in [0.29, 0.717) is 0 Å². The van der Waals surface area contributed by atoms with Gasteiger partial charge in [0.1, 0.15) is 5.69 Å². The summed E-state index contributed by atoms with van der Waals surface area (Å²) >= 11 is 0. The van der Waals surface area contributed by atoms with Crippen LogP contribution in [0.2, 0.25) is 0 Å². The van der Waals surface area contributed by atoms with Crippen LogP contribution in [-0.4, -0.2) is 36.1 Å². The maximum atomic E-state index is 11.2. The molecular weight excluding hydrogens is 204 g/mol. The number of methoxy groups -OCH3 is 2. The zero-order valence-electron chi connectivity index (χ0n) is 8.25. The van der Waals surface area contributed by atoms with Gasteiger partial charge >= 0.3 is 17.6 Å². The highest BCUT2D eigenvalue weighted by Crippen LogP contribution is 2.03. The molecule has 1 heterocycles. The number of carbonyl (C=O) groups excluding carboxylic acids is 2. The van der Waals surface area contributed by atoms with Crippen molar-refractivity contribution in [3.63, 3.8) is 0 Å². The minimum atomic E-state index is -0.716. The fourth-order valence-electron chi connectivity index (χ4n) is 1.05. The summed E-state index contributed by atoms with van der Waals surface area (Å²) in [6.45, 7) is 0. The van der Waals surface area contributed by atoms with Crippen LogP contribution in [0.3, 0.4) is 0 Å². The summed E-state index contributed by atoms with van der Waals surface area (Å²) in [5.74, 6) is -1.28. The maximum Gasteiger partial charge on any atom is 0.356 e. The number of aromatic amines is 2. The topological polar surface area (TPSA) is 101 Å². The van der Waals surface area contributed by atoms with Gasteiger partial charge in [-0.05, 0) is 0 Å². The van der Waals surface area contributed by atoms with E-state index >= 15 is 0 Å². The molecule has 1 aromatic heterocycles. The Morgan fingerprint density at radius 2 is 1.87 bits per heavy atom. The van der Waals surface area contributed by atoms with Gasteiger partial charge in [-0.25, -0.2) is 9.59 Å². The lowest BCUT2D eigenvalue weighted by Gasteiger charge is -1.99. The first kappa shape index (κ1) is 11.0. The third-order valence-corrected chi connectivity index (χ3v) is 1.74. The van der Waals surface area contributed by atoms with Gasteiger partial charge in [0.2, 0.25) is 0 Å². The zero-order valence-corrected chi connectivity index (χ0v) is 8.25. The molecular formula is C8H10N2O5. The van der Waals surface area contributed by atoms with Crippen LogP contribution in [0, 0.1) is 0 Å². The van der Waals surface area contributed by atoms with Crippen molar-refractivity contribution in [1.82, 2.24) is 9.97 Å². The molecule has 7 heteroatoms. The van der Waals surface area contributed by atoms with E-state index in [4.69, 9.17) is 0 Å². The molecule has 0 unspecified atom stereocenters. The molecule has 0 aliphatic carbocycles. The van der Waals surface area contributed by atoms with E-state index in [2.05, 4.69) is 19.4 Å². The third kappa shape index (κ3) is 2.46. The van der Waals surface area contributed by atoms with Crippen molar-refractivity contribution in [2.75, 3.05) is 14.2 Å². The number of imidazole rings is 1. The number of nitrogens with one attached hydrogen (secondary N) is 2. The molecule has 0 amide bonds. The quantitative estimate of drug-likeness (QED) is 0.642. The van der Waals surface area contributed by atoms with E-state index in [1.165, 1.54) is 14.2 Å². The maximum absolute atomic E-state index is 11.2. The Labute approximate surface area is 84.4 Å². The smallest absolute Gasteiger partial charge is 0.356 e. The Morgan fingerprint density at radius 1 is 1.20 bits per heavy atom. The van der Waals surface area contributed by atoms with Crippen molar-refractivity contribution in [3.05, 3.63) is 21.9 Å². The molecule has 0 spiro atoms. The minimum Gasteiger partial charge on any atom is -0.469 e. The second-order valence-electron chi connectivity index (χ2n) is 2.68. The molecule has 1 rings (SSSR count). The Balaban J connectivity index is 3.01. The SMILES string of the molecule is COC(=O)Cc1[nH]c(=O)[nH]c1C(=O)OC. The van der Waals surface area contributed by atoms with E-state index in [1.807, 2.05) is 0 Å². The molecule has 0 bridgehead atoms. The van der Waals surface area contributed by atoms with Gasteiger partial charge in [-0.2, -0.15) is 0 Å². The molecule has 0 radical (unpaired) electrons. The predicted molar refractivity (Wildman–Crippen MR) is 48.5 cm³/mol. The second kappa shape index (κ2) is 4.45. The largest absolute Gasteiger partial charge is 0.469 e. The summed E-state index contributed by atoms with van der Waals surface area (Å²) < 4.78 is 8.83. The number of ether oxygens (including phenoxy) is 2. The summed E-state index contributed by atoms with van der Waals surface area (Å²) in [5.41, 5.74) is -0.485. The number of hydrogen-bond donors (Lipinski definition) is 2. The van der Waals surface area contributed by atoms with Gasteiger partial charge in [0, 0.05) is 0 Å². The lowest BCUT2D eigenvalue weighted by Crippen LogP contribution is -2.11. The molecule has 82 valence electrons. The monoisotopic (exact) mass is 214 g/mol. The molecule has 15 heavy (non-hydrogen) atoms. The lowest BCUT2D eigenvalue weighted by atomic mass is 10.2. The first-order chi connectivity index (χ1) is 7.08. The molecule has 0 saturated heterocycles. The van der Waals surface area contributed by atoms with E-state index in [-0.39, 0.29) is 17.8 Å². The van der Waals surface area contributed by atoms with E-state index < -0.39 is 17.6 Å². The van der Waals surface area contributed by atoms with Crippen LogP contribution in [0.15, 0.2) is 4.79 Å². The Hall–Kier alpha value is -2.05. The van der Waals surface area contributed by atoms with Gasteiger partial charge < -0.3 is 14.5 Å². The molecule has 0 aromatic carbocycles. The molecule has 1 aromatic rings. The summed E-state index contributed by atoms with van der Waals surface area (Å²) in [4.78, 5) is 37.6. The minimum absolute atomic E-state index is 0.0621. The van der Waals surface area contributed by atoms with Crippen LogP contribution >= 0.6 is 0 Å². The highest BCUT2D eigenvalue weighted by atomic mass is 16.5. The fraction of sp³-hybridized carbons (Fsp3) is 0.375. The van der Waals surface area contributed by atoms with Crippen LogP contribution in [-0.2, 0) is 20.7 Å². The van der Waals surface area contributed by atoms with Crippen LogP contribution in [0.1, 0.15) is 16.2 Å². The van der Waals surface area contributed by atoms with Crippen molar-refractivity contribution in [3.8, 4) is 0 Å². The highest BCUT2D eigenvalue weighted by Gasteiger charge is 2.18. The standard InChI is InChI=1S/C8H10N2O5/c1-14-5(11)3-4-6(7(12)15-2)10-8(13)9-4/h3H2,1-2H3,(H2,9,10,13). The van der Waals surface area contributed by atoms with Gasteiger partial charge in [0.15, 0.2) is 0 Å². The van der Waals surface area contributed by atoms with Crippen LogP contribution in [0.5, 0.6) is 0 Å². The average Bonchev–Trinajstić information content (AvgIpc) is 2.58. The Kier molecular flexibility index (Phi) is 3.27. The van der Waals surface area contributed by atoms with E-state index in [9.17, 15) is 14.4 Å². The van der Waals surface area contributed by atoms with Crippen molar-refractivity contribution < 1.29 is 19.1 Å². The summed E-state index contributed by atoms with van der Waals surface area (Å²) in [6.07, 6.45) is -0.195. The summed E-state index contributed by atoms with van der Waals surface area (Å²) in [6, 6.07) is 0. The van der Waals surface area contributed by atoms with Crippen molar-refractivity contribution in [2.24, 2.45) is 0 Å². The first-order valence-corrected chi connectivity index (χ1v) is 4.04. The van der Waals surface area contributed by atoms with Gasteiger partial charge in [-0.1, -0.05) is 0 Å². The summed E-state index contributed by atoms with van der Waals surface area (Å²) in [7, 11) is 2.39. The molecule has 0 atom stereocenters. The second-order valence-corrected chi connectivity index (χ2v) is 2.68. The molecule has 7 nitrogen and oxygen atoms in total. The van der Waals surface area contributed by atoms with Gasteiger partial charge in [0.05, 0.1) is 26.3 Å². The van der Waals surface area contributed by atoms with Gasteiger partial charge in [-0.3, -0.25) is 9.78 Å². The highest BCUT2D eigenvalue weighted by molar-refractivity contribution is 5.89. The predicted octanol–water partition coefficient (Wildman–Crippen LogP) is -0.795. The van der Waals surface area contributed by atoms with Gasteiger partial charge in [-0.15, -0.1) is 0 Å². The molecule has 0 saturated carbocycles. The fourth-order valence-corrected chi connectivity index (χ4v) is 1.05. The van der Waals surface area contributed by atoms with Gasteiger partial charge in [0.25, 0.3) is 0 Å². The first-order valence-electron chi connectivity index (χ1n) is 4.04. The van der Waals surface area contributed by atoms with Crippen LogP contribution < -0.4 is 5.69 Å². The number of rotatable bonds is 3. The lowest BCUT2D eigenvalue weighted by molar-refractivity contribution is -0.139. The third-order valence-electron chi connectivity index (χ3n) is 1.74. The normalized spacial score (nSPS) is 9.73. The van der Waals surface area contributed by atoms with E-state index in [1.54, 1.807) is 0 Å². The Bertz CT molecular complexity index is 430. The number of esters is 2. The van der Waals surface area contributed by atoms with E-state index in [0.717, 1.165) is 0 Å². The van der Waals surface area contributed by atoms with Crippen molar-refractivity contribution in [2.45, 2.75) is 6.42 Å². The number of carbonyl (C=O) groups is 2. The van der Waals surface area contributed by atoms with Crippen molar-refractivity contribution >= 4 is 11.9 Å². The van der Waals surface area contributed by atoms with Crippen molar-refractivity contribution in [1.29, 1.82) is 0 Å².